The first kappa shape index (κ1) is 15.5. The van der Waals surface area contributed by atoms with Crippen LogP contribution in [0.4, 0.5) is 13.2 Å². The zero-order chi connectivity index (χ0) is 15.3. The molecule has 1 atom stereocenters. The van der Waals surface area contributed by atoms with E-state index in [1.165, 1.54) is 12.1 Å². The summed E-state index contributed by atoms with van der Waals surface area (Å²) in [5.41, 5.74) is 0.787. The SMILES string of the molecule is CNC(CCc1ccncc1)c1ccccc1C(F)(F)F. The minimum atomic E-state index is -4.33. The third kappa shape index (κ3) is 4.04. The van der Waals surface area contributed by atoms with Gasteiger partial charge in [0.15, 0.2) is 0 Å². The van der Waals surface area contributed by atoms with Crippen LogP contribution in [0.25, 0.3) is 0 Å². The monoisotopic (exact) mass is 294 g/mol. The molecule has 112 valence electrons. The Morgan fingerprint density at radius 1 is 1.10 bits per heavy atom. The van der Waals surface area contributed by atoms with Crippen molar-refractivity contribution in [3.63, 3.8) is 0 Å². The number of hydrogen-bond acceptors (Lipinski definition) is 2. The number of aryl methyl sites for hydroxylation is 1. The molecule has 0 radical (unpaired) electrons. The largest absolute Gasteiger partial charge is 0.416 e. The molecule has 21 heavy (non-hydrogen) atoms. The molecule has 2 aromatic rings. The van der Waals surface area contributed by atoms with Crippen LogP contribution >= 0.6 is 0 Å². The fourth-order valence-electron chi connectivity index (χ4n) is 2.37. The highest BCUT2D eigenvalue weighted by Gasteiger charge is 2.34. The predicted octanol–water partition coefficient (Wildman–Crippen LogP) is 3.99. The molecule has 0 aliphatic carbocycles. The van der Waals surface area contributed by atoms with Crippen LogP contribution in [-0.2, 0) is 12.6 Å². The third-order valence-corrected chi connectivity index (χ3v) is 3.46. The molecule has 0 fully saturated rings. The molecule has 1 N–H and O–H groups in total. The molecule has 1 heterocycles. The fraction of sp³-hybridized carbons (Fsp3) is 0.312. The lowest BCUT2D eigenvalue weighted by Crippen LogP contribution is -2.21. The Balaban J connectivity index is 2.18. The number of aromatic nitrogens is 1. The number of hydrogen-bond donors (Lipinski definition) is 1. The zero-order valence-corrected chi connectivity index (χ0v) is 11.7. The summed E-state index contributed by atoms with van der Waals surface area (Å²) in [4.78, 5) is 3.93. The Labute approximate surface area is 122 Å². The molecule has 0 spiro atoms. The summed E-state index contributed by atoms with van der Waals surface area (Å²) >= 11 is 0. The van der Waals surface area contributed by atoms with Gasteiger partial charge in [-0.1, -0.05) is 18.2 Å². The number of rotatable bonds is 5. The summed E-state index contributed by atoms with van der Waals surface area (Å²) in [6.07, 6.45) is 0.330. The lowest BCUT2D eigenvalue weighted by atomic mass is 9.95. The van der Waals surface area contributed by atoms with Crippen molar-refractivity contribution in [1.29, 1.82) is 0 Å². The molecule has 1 unspecified atom stereocenters. The highest BCUT2D eigenvalue weighted by atomic mass is 19.4. The first-order chi connectivity index (χ1) is 10.0. The fourth-order valence-corrected chi connectivity index (χ4v) is 2.37. The van der Waals surface area contributed by atoms with Crippen LogP contribution in [-0.4, -0.2) is 12.0 Å². The van der Waals surface area contributed by atoms with Crippen molar-refractivity contribution in [3.05, 3.63) is 65.5 Å². The van der Waals surface area contributed by atoms with Gasteiger partial charge in [-0.15, -0.1) is 0 Å². The van der Waals surface area contributed by atoms with Crippen molar-refractivity contribution in [3.8, 4) is 0 Å². The average Bonchev–Trinajstić information content (AvgIpc) is 2.48. The maximum absolute atomic E-state index is 13.1. The molecule has 2 rings (SSSR count). The first-order valence-electron chi connectivity index (χ1n) is 6.74. The van der Waals surface area contributed by atoms with Crippen molar-refractivity contribution < 1.29 is 13.2 Å². The summed E-state index contributed by atoms with van der Waals surface area (Å²) in [6.45, 7) is 0. The molecule has 0 bridgehead atoms. The molecule has 0 amide bonds. The van der Waals surface area contributed by atoms with Gasteiger partial charge in [0.05, 0.1) is 5.56 Å². The summed E-state index contributed by atoms with van der Waals surface area (Å²) in [5.74, 6) is 0. The van der Waals surface area contributed by atoms with Crippen molar-refractivity contribution in [1.82, 2.24) is 10.3 Å². The summed E-state index contributed by atoms with van der Waals surface area (Å²) < 4.78 is 39.2. The van der Waals surface area contributed by atoms with Crippen LogP contribution < -0.4 is 5.32 Å². The Hall–Kier alpha value is -1.88. The second-order valence-electron chi connectivity index (χ2n) is 4.82. The van der Waals surface area contributed by atoms with E-state index in [9.17, 15) is 13.2 Å². The van der Waals surface area contributed by atoms with E-state index in [1.807, 2.05) is 12.1 Å². The Bertz CT molecular complexity index is 567. The maximum Gasteiger partial charge on any atom is 0.416 e. The van der Waals surface area contributed by atoms with Crippen molar-refractivity contribution in [2.45, 2.75) is 25.1 Å². The molecule has 0 aliphatic rings. The molecular formula is C16H17F3N2. The zero-order valence-electron chi connectivity index (χ0n) is 11.7. The maximum atomic E-state index is 13.1. The van der Waals surface area contributed by atoms with Crippen LogP contribution in [0.5, 0.6) is 0 Å². The van der Waals surface area contributed by atoms with Crippen LogP contribution in [0.3, 0.4) is 0 Å². The van der Waals surface area contributed by atoms with Gasteiger partial charge < -0.3 is 5.32 Å². The van der Waals surface area contributed by atoms with E-state index in [0.717, 1.165) is 11.6 Å². The van der Waals surface area contributed by atoms with E-state index in [1.54, 1.807) is 25.5 Å². The van der Waals surface area contributed by atoms with E-state index in [-0.39, 0.29) is 6.04 Å². The van der Waals surface area contributed by atoms with Gasteiger partial charge in [-0.25, -0.2) is 0 Å². The standard InChI is InChI=1S/C16H17F3N2/c1-20-15(7-6-12-8-10-21-11-9-12)13-4-2-3-5-14(13)16(17,18)19/h2-5,8-11,15,20H,6-7H2,1H3. The van der Waals surface area contributed by atoms with Crippen molar-refractivity contribution in [2.75, 3.05) is 7.05 Å². The second kappa shape index (κ2) is 6.72. The molecule has 0 saturated heterocycles. The molecule has 0 saturated carbocycles. The van der Waals surface area contributed by atoms with Gasteiger partial charge in [0.2, 0.25) is 0 Å². The number of pyridine rings is 1. The lowest BCUT2D eigenvalue weighted by Gasteiger charge is -2.21. The van der Waals surface area contributed by atoms with E-state index >= 15 is 0 Å². The molecule has 0 aliphatic heterocycles. The van der Waals surface area contributed by atoms with Crippen molar-refractivity contribution in [2.24, 2.45) is 0 Å². The van der Waals surface area contributed by atoms with Crippen LogP contribution in [0.2, 0.25) is 0 Å². The van der Waals surface area contributed by atoms with E-state index < -0.39 is 11.7 Å². The van der Waals surface area contributed by atoms with Crippen molar-refractivity contribution >= 4 is 0 Å². The van der Waals surface area contributed by atoms with Crippen LogP contribution in [0.1, 0.15) is 29.2 Å². The number of benzene rings is 1. The first-order valence-corrected chi connectivity index (χ1v) is 6.74. The number of nitrogens with one attached hydrogen (secondary N) is 1. The lowest BCUT2D eigenvalue weighted by molar-refractivity contribution is -0.138. The van der Waals surface area contributed by atoms with Gasteiger partial charge in [-0.2, -0.15) is 13.2 Å². The van der Waals surface area contributed by atoms with Crippen LogP contribution in [0.15, 0.2) is 48.8 Å². The van der Waals surface area contributed by atoms with Gasteiger partial charge in [0.25, 0.3) is 0 Å². The topological polar surface area (TPSA) is 24.9 Å². The van der Waals surface area contributed by atoms with E-state index in [2.05, 4.69) is 10.3 Å². The normalized spacial score (nSPS) is 13.1. The average molecular weight is 294 g/mol. The van der Waals surface area contributed by atoms with Gasteiger partial charge in [-0.3, -0.25) is 4.98 Å². The van der Waals surface area contributed by atoms with Gasteiger partial charge >= 0.3 is 6.18 Å². The number of nitrogens with zero attached hydrogens (tertiary/aromatic N) is 1. The highest BCUT2D eigenvalue weighted by molar-refractivity contribution is 5.32. The Morgan fingerprint density at radius 2 is 1.76 bits per heavy atom. The molecule has 2 nitrogen and oxygen atoms in total. The van der Waals surface area contributed by atoms with Gasteiger partial charge in [0.1, 0.15) is 0 Å². The summed E-state index contributed by atoms with van der Waals surface area (Å²) in [6, 6.07) is 9.15. The van der Waals surface area contributed by atoms with Gasteiger partial charge in [0, 0.05) is 18.4 Å². The number of alkyl halides is 3. The second-order valence-corrected chi connectivity index (χ2v) is 4.82. The third-order valence-electron chi connectivity index (χ3n) is 3.46. The smallest absolute Gasteiger partial charge is 0.313 e. The summed E-state index contributed by atoms with van der Waals surface area (Å²) in [5, 5.41) is 2.99. The Kier molecular flexibility index (Phi) is 4.96. The number of halogens is 3. The van der Waals surface area contributed by atoms with Gasteiger partial charge in [-0.05, 0) is 49.2 Å². The molecule has 1 aromatic carbocycles. The van der Waals surface area contributed by atoms with Crippen LogP contribution in [0, 0.1) is 0 Å². The minimum Gasteiger partial charge on any atom is -0.313 e. The molecule has 1 aromatic heterocycles. The van der Waals surface area contributed by atoms with E-state index in [4.69, 9.17) is 0 Å². The quantitative estimate of drug-likeness (QED) is 0.901. The molecule has 5 heteroatoms. The van der Waals surface area contributed by atoms with E-state index in [0.29, 0.717) is 18.4 Å². The minimum absolute atomic E-state index is 0.293. The predicted molar refractivity (Wildman–Crippen MR) is 75.8 cm³/mol. The Morgan fingerprint density at radius 3 is 2.38 bits per heavy atom. The highest BCUT2D eigenvalue weighted by Crippen LogP contribution is 2.35. The molecular weight excluding hydrogens is 277 g/mol. The summed E-state index contributed by atoms with van der Waals surface area (Å²) in [7, 11) is 1.68.